The molecule has 0 spiro atoms. The molecule has 0 bridgehead atoms. The number of carbonyl (C=O) groups is 1. The Morgan fingerprint density at radius 2 is 1.89 bits per heavy atom. The lowest BCUT2D eigenvalue weighted by Gasteiger charge is -2.08. The second kappa shape index (κ2) is 5.01. The molecule has 0 saturated heterocycles. The summed E-state index contributed by atoms with van der Waals surface area (Å²) in [6.45, 7) is 0. The maximum absolute atomic E-state index is 12.4. The zero-order valence-electron chi connectivity index (χ0n) is 9.41. The molecule has 0 atom stereocenters. The Bertz CT molecular complexity index is 608. The predicted molar refractivity (Wildman–Crippen MR) is 65.1 cm³/mol. The Kier molecular flexibility index (Phi) is 3.57. The third-order valence-corrected chi connectivity index (χ3v) is 2.82. The Balaban J connectivity index is 2.45. The predicted octanol–water partition coefficient (Wildman–Crippen LogP) is 4.23. The molecule has 0 radical (unpaired) electrons. The van der Waals surface area contributed by atoms with Gasteiger partial charge in [0.2, 0.25) is 0 Å². The van der Waals surface area contributed by atoms with Crippen LogP contribution >= 0.6 is 11.6 Å². The molecule has 2 nitrogen and oxygen atoms in total. The lowest BCUT2D eigenvalue weighted by molar-refractivity contribution is -0.141. The van der Waals surface area contributed by atoms with Gasteiger partial charge in [0.25, 0.3) is 0 Å². The molecule has 0 aliphatic heterocycles. The highest BCUT2D eigenvalue weighted by molar-refractivity contribution is 6.33. The highest BCUT2D eigenvalue weighted by atomic mass is 35.5. The van der Waals surface area contributed by atoms with Gasteiger partial charge in [-0.25, -0.2) is 0 Å². The summed E-state index contributed by atoms with van der Waals surface area (Å²) in [4.78, 5) is 14.0. The van der Waals surface area contributed by atoms with Crippen molar-refractivity contribution in [1.82, 2.24) is 4.98 Å². The summed E-state index contributed by atoms with van der Waals surface area (Å²) < 4.78 is 37.2. The average molecular weight is 286 g/mol. The summed E-state index contributed by atoms with van der Waals surface area (Å²) in [6.07, 6.45) is -2.76. The maximum Gasteiger partial charge on any atom is 0.433 e. The molecule has 0 fully saturated rings. The molecule has 2 aromatic rings. The normalized spacial score (nSPS) is 11.4. The van der Waals surface area contributed by atoms with Crippen molar-refractivity contribution < 1.29 is 18.0 Å². The molecule has 0 amide bonds. The molecule has 1 heterocycles. The highest BCUT2D eigenvalue weighted by Gasteiger charge is 2.32. The number of benzene rings is 1. The van der Waals surface area contributed by atoms with Crippen LogP contribution < -0.4 is 0 Å². The van der Waals surface area contributed by atoms with Crippen molar-refractivity contribution >= 4 is 17.9 Å². The topological polar surface area (TPSA) is 30.0 Å². The van der Waals surface area contributed by atoms with Crippen LogP contribution in [0.25, 0.3) is 11.1 Å². The van der Waals surface area contributed by atoms with Gasteiger partial charge in [0.1, 0.15) is 12.0 Å². The Morgan fingerprint density at radius 1 is 1.16 bits per heavy atom. The van der Waals surface area contributed by atoms with Crippen LogP contribution in [0.4, 0.5) is 13.2 Å². The molecular formula is C13H7ClF3NO. The minimum atomic E-state index is -4.48. The third kappa shape index (κ3) is 2.93. The van der Waals surface area contributed by atoms with E-state index in [-0.39, 0.29) is 0 Å². The van der Waals surface area contributed by atoms with Crippen LogP contribution in [-0.2, 0) is 6.18 Å². The minimum Gasteiger partial charge on any atom is -0.298 e. The number of aromatic nitrogens is 1. The first-order valence-electron chi connectivity index (χ1n) is 5.20. The van der Waals surface area contributed by atoms with E-state index in [1.54, 1.807) is 0 Å². The molecule has 19 heavy (non-hydrogen) atoms. The number of alkyl halides is 3. The largest absolute Gasteiger partial charge is 0.433 e. The maximum atomic E-state index is 12.4. The Morgan fingerprint density at radius 3 is 2.42 bits per heavy atom. The molecule has 0 aliphatic carbocycles. The van der Waals surface area contributed by atoms with Gasteiger partial charge in [-0.2, -0.15) is 13.2 Å². The monoisotopic (exact) mass is 285 g/mol. The van der Waals surface area contributed by atoms with Crippen LogP contribution in [0.3, 0.4) is 0 Å². The smallest absolute Gasteiger partial charge is 0.298 e. The number of hydrogen-bond donors (Lipinski definition) is 0. The van der Waals surface area contributed by atoms with Crippen molar-refractivity contribution in [2.75, 3.05) is 0 Å². The van der Waals surface area contributed by atoms with Gasteiger partial charge in [0, 0.05) is 27.9 Å². The fourth-order valence-corrected chi connectivity index (χ4v) is 1.78. The number of halogens is 4. The molecular weight excluding hydrogens is 279 g/mol. The SMILES string of the molecule is O=Cc1ccc(Cl)c(-c2ccc(C(F)(F)F)nc2)c1. The molecule has 1 aromatic carbocycles. The fraction of sp³-hybridized carbons (Fsp3) is 0.0769. The van der Waals surface area contributed by atoms with Crippen LogP contribution in [0.2, 0.25) is 5.02 Å². The molecule has 2 rings (SSSR count). The average Bonchev–Trinajstić information content (AvgIpc) is 2.38. The number of hydrogen-bond acceptors (Lipinski definition) is 2. The van der Waals surface area contributed by atoms with E-state index in [0.29, 0.717) is 28.0 Å². The summed E-state index contributed by atoms with van der Waals surface area (Å²) in [7, 11) is 0. The molecule has 0 N–H and O–H groups in total. The van der Waals surface area contributed by atoms with Crippen LogP contribution in [0.5, 0.6) is 0 Å². The summed E-state index contributed by atoms with van der Waals surface area (Å²) >= 11 is 5.95. The zero-order valence-corrected chi connectivity index (χ0v) is 10.2. The second-order valence-corrected chi connectivity index (χ2v) is 4.19. The van der Waals surface area contributed by atoms with E-state index in [4.69, 9.17) is 11.6 Å². The Labute approximate surface area is 111 Å². The summed E-state index contributed by atoms with van der Waals surface area (Å²) in [6, 6.07) is 6.68. The lowest BCUT2D eigenvalue weighted by Crippen LogP contribution is -2.07. The van der Waals surface area contributed by atoms with Crippen molar-refractivity contribution in [1.29, 1.82) is 0 Å². The molecule has 6 heteroatoms. The number of aldehydes is 1. The van der Waals surface area contributed by atoms with Crippen LogP contribution in [0.15, 0.2) is 36.5 Å². The van der Waals surface area contributed by atoms with Crippen LogP contribution in [0.1, 0.15) is 16.1 Å². The molecule has 0 unspecified atom stereocenters. The van der Waals surface area contributed by atoms with Gasteiger partial charge >= 0.3 is 6.18 Å². The molecule has 98 valence electrons. The molecule has 0 saturated carbocycles. The van der Waals surface area contributed by atoms with E-state index >= 15 is 0 Å². The first-order valence-corrected chi connectivity index (χ1v) is 5.58. The number of carbonyl (C=O) groups excluding carboxylic acids is 1. The van der Waals surface area contributed by atoms with Gasteiger partial charge in [-0.15, -0.1) is 0 Å². The second-order valence-electron chi connectivity index (χ2n) is 3.79. The van der Waals surface area contributed by atoms with Crippen molar-refractivity contribution in [2.45, 2.75) is 6.18 Å². The first kappa shape index (κ1) is 13.5. The van der Waals surface area contributed by atoms with Crippen LogP contribution in [-0.4, -0.2) is 11.3 Å². The van der Waals surface area contributed by atoms with Crippen molar-refractivity contribution in [3.05, 3.63) is 52.8 Å². The summed E-state index contributed by atoms with van der Waals surface area (Å²) in [5.41, 5.74) is 0.299. The summed E-state index contributed by atoms with van der Waals surface area (Å²) in [5, 5.41) is 0.340. The lowest BCUT2D eigenvalue weighted by atomic mass is 10.0. The van der Waals surface area contributed by atoms with Gasteiger partial charge in [0.05, 0.1) is 0 Å². The van der Waals surface area contributed by atoms with Crippen LogP contribution in [0, 0.1) is 0 Å². The number of pyridine rings is 1. The minimum absolute atomic E-state index is 0.340. The van der Waals surface area contributed by atoms with E-state index < -0.39 is 11.9 Å². The summed E-state index contributed by atoms with van der Waals surface area (Å²) in [5.74, 6) is 0. The van der Waals surface area contributed by atoms with Crippen molar-refractivity contribution in [3.63, 3.8) is 0 Å². The fourth-order valence-electron chi connectivity index (χ4n) is 1.56. The molecule has 1 aromatic heterocycles. The van der Waals surface area contributed by atoms with Gasteiger partial charge in [-0.05, 0) is 18.2 Å². The molecule has 0 aliphatic rings. The quantitative estimate of drug-likeness (QED) is 0.773. The standard InChI is InChI=1S/C13H7ClF3NO/c14-11-3-1-8(7-19)5-10(11)9-2-4-12(18-6-9)13(15,16)17/h1-7H. The van der Waals surface area contributed by atoms with Gasteiger partial charge < -0.3 is 0 Å². The van der Waals surface area contributed by atoms with Gasteiger partial charge in [-0.3, -0.25) is 9.78 Å². The van der Waals surface area contributed by atoms with E-state index in [2.05, 4.69) is 4.98 Å². The first-order chi connectivity index (χ1) is 8.91. The van der Waals surface area contributed by atoms with Crippen molar-refractivity contribution in [3.8, 4) is 11.1 Å². The van der Waals surface area contributed by atoms with E-state index in [0.717, 1.165) is 12.3 Å². The van der Waals surface area contributed by atoms with Crippen molar-refractivity contribution in [2.24, 2.45) is 0 Å². The van der Waals surface area contributed by atoms with Gasteiger partial charge in [-0.1, -0.05) is 23.7 Å². The van der Waals surface area contributed by atoms with E-state index in [1.165, 1.54) is 24.3 Å². The third-order valence-electron chi connectivity index (χ3n) is 2.49. The Hall–Kier alpha value is -1.88. The van der Waals surface area contributed by atoms with E-state index in [1.807, 2.05) is 0 Å². The highest BCUT2D eigenvalue weighted by Crippen LogP contribution is 2.31. The number of rotatable bonds is 2. The van der Waals surface area contributed by atoms with E-state index in [9.17, 15) is 18.0 Å². The van der Waals surface area contributed by atoms with Gasteiger partial charge in [0.15, 0.2) is 0 Å². The number of nitrogens with zero attached hydrogens (tertiary/aromatic N) is 1. The zero-order chi connectivity index (χ0) is 14.0.